The van der Waals surface area contributed by atoms with Gasteiger partial charge in [-0.1, -0.05) is 13.8 Å². The van der Waals surface area contributed by atoms with Crippen molar-refractivity contribution in [2.45, 2.75) is 52.5 Å². The molecule has 3 heteroatoms. The van der Waals surface area contributed by atoms with E-state index in [2.05, 4.69) is 13.8 Å². The van der Waals surface area contributed by atoms with Crippen LogP contribution in [-0.4, -0.2) is 18.6 Å². The summed E-state index contributed by atoms with van der Waals surface area (Å²) < 4.78 is 4.99. The van der Waals surface area contributed by atoms with Crippen LogP contribution in [0.25, 0.3) is 0 Å². The second-order valence-electron chi connectivity index (χ2n) is 5.25. The number of esters is 1. The Kier molecular flexibility index (Phi) is 5.26. The van der Waals surface area contributed by atoms with Crippen molar-refractivity contribution in [2.75, 3.05) is 6.61 Å². The Morgan fingerprint density at radius 3 is 2.69 bits per heavy atom. The summed E-state index contributed by atoms with van der Waals surface area (Å²) in [5.74, 6) is 1.64. The van der Waals surface area contributed by atoms with E-state index in [1.165, 1.54) is 6.42 Å². The molecule has 3 unspecified atom stereocenters. The maximum Gasteiger partial charge on any atom is 0.306 e. The Labute approximate surface area is 98.7 Å². The summed E-state index contributed by atoms with van der Waals surface area (Å²) >= 11 is 0. The zero-order valence-corrected chi connectivity index (χ0v) is 10.7. The first-order chi connectivity index (χ1) is 7.54. The third-order valence-electron chi connectivity index (χ3n) is 3.76. The molecule has 3 nitrogen and oxygen atoms in total. The second-order valence-corrected chi connectivity index (χ2v) is 5.25. The molecule has 1 aliphatic rings. The molecule has 0 aromatic rings. The predicted molar refractivity (Wildman–Crippen MR) is 64.9 cm³/mol. The second kappa shape index (κ2) is 6.24. The van der Waals surface area contributed by atoms with Gasteiger partial charge in [0.05, 0.1) is 6.61 Å². The third-order valence-corrected chi connectivity index (χ3v) is 3.76. The van der Waals surface area contributed by atoms with Crippen LogP contribution in [0, 0.1) is 17.8 Å². The molecule has 16 heavy (non-hydrogen) atoms. The van der Waals surface area contributed by atoms with Crippen molar-refractivity contribution in [3.8, 4) is 0 Å². The van der Waals surface area contributed by atoms with E-state index < -0.39 is 0 Å². The molecule has 0 radical (unpaired) electrons. The van der Waals surface area contributed by atoms with Crippen LogP contribution >= 0.6 is 0 Å². The van der Waals surface area contributed by atoms with E-state index in [4.69, 9.17) is 10.5 Å². The molecule has 0 aliphatic heterocycles. The average Bonchev–Trinajstić information content (AvgIpc) is 2.21. The molecule has 0 saturated heterocycles. The van der Waals surface area contributed by atoms with Crippen LogP contribution in [0.1, 0.15) is 46.5 Å². The molecule has 94 valence electrons. The molecule has 0 spiro atoms. The fourth-order valence-electron chi connectivity index (χ4n) is 2.60. The third kappa shape index (κ3) is 3.78. The van der Waals surface area contributed by atoms with E-state index in [0.29, 0.717) is 24.9 Å². The van der Waals surface area contributed by atoms with Gasteiger partial charge in [-0.25, -0.2) is 0 Å². The summed E-state index contributed by atoms with van der Waals surface area (Å²) in [5.41, 5.74) is 6.08. The number of carbonyl (C=O) groups is 1. The quantitative estimate of drug-likeness (QED) is 0.750. The molecule has 3 atom stereocenters. The van der Waals surface area contributed by atoms with Gasteiger partial charge >= 0.3 is 5.97 Å². The molecular formula is C13H25NO2. The number of ether oxygens (including phenoxy) is 1. The highest BCUT2D eigenvalue weighted by Gasteiger charge is 2.31. The number of nitrogens with two attached hydrogens (primary N) is 1. The van der Waals surface area contributed by atoms with Crippen LogP contribution in [0.5, 0.6) is 0 Å². The van der Waals surface area contributed by atoms with E-state index in [9.17, 15) is 4.79 Å². The Hall–Kier alpha value is -0.570. The molecule has 0 aromatic heterocycles. The molecule has 0 amide bonds. The highest BCUT2D eigenvalue weighted by Crippen LogP contribution is 2.34. The van der Waals surface area contributed by atoms with Gasteiger partial charge in [0.15, 0.2) is 0 Å². The van der Waals surface area contributed by atoms with Crippen LogP contribution in [-0.2, 0) is 9.53 Å². The van der Waals surface area contributed by atoms with Gasteiger partial charge in [0.25, 0.3) is 0 Å². The van der Waals surface area contributed by atoms with Crippen molar-refractivity contribution in [1.29, 1.82) is 0 Å². The maximum atomic E-state index is 11.5. The van der Waals surface area contributed by atoms with Crippen molar-refractivity contribution in [3.63, 3.8) is 0 Å². The van der Waals surface area contributed by atoms with Crippen LogP contribution in [0.15, 0.2) is 0 Å². The van der Waals surface area contributed by atoms with Gasteiger partial charge in [0, 0.05) is 12.5 Å². The summed E-state index contributed by atoms with van der Waals surface area (Å²) in [5, 5.41) is 0. The van der Waals surface area contributed by atoms with Crippen molar-refractivity contribution in [3.05, 3.63) is 0 Å². The summed E-state index contributed by atoms with van der Waals surface area (Å²) in [6.07, 6.45) is 3.83. The first-order valence-electron chi connectivity index (χ1n) is 6.45. The summed E-state index contributed by atoms with van der Waals surface area (Å²) in [7, 11) is 0. The van der Waals surface area contributed by atoms with Crippen LogP contribution in [0.4, 0.5) is 0 Å². The normalized spacial score (nSPS) is 30.4. The number of carbonyl (C=O) groups excluding carboxylic acids is 1. The fraction of sp³-hybridized carbons (Fsp3) is 0.923. The highest BCUT2D eigenvalue weighted by atomic mass is 16.5. The van der Waals surface area contributed by atoms with E-state index in [-0.39, 0.29) is 12.0 Å². The van der Waals surface area contributed by atoms with Crippen LogP contribution in [0.2, 0.25) is 0 Å². The van der Waals surface area contributed by atoms with Gasteiger partial charge < -0.3 is 10.5 Å². The van der Waals surface area contributed by atoms with Gasteiger partial charge in [-0.15, -0.1) is 0 Å². The minimum absolute atomic E-state index is 0.0904. The van der Waals surface area contributed by atoms with Gasteiger partial charge in [-0.2, -0.15) is 0 Å². The van der Waals surface area contributed by atoms with Crippen LogP contribution in [0.3, 0.4) is 0 Å². The fourth-order valence-corrected chi connectivity index (χ4v) is 2.60. The van der Waals surface area contributed by atoms with E-state index in [1.807, 2.05) is 6.92 Å². The van der Waals surface area contributed by atoms with Crippen molar-refractivity contribution < 1.29 is 9.53 Å². The molecule has 1 rings (SSSR count). The molecule has 2 N–H and O–H groups in total. The molecule has 0 heterocycles. The Bertz CT molecular complexity index is 228. The zero-order valence-electron chi connectivity index (χ0n) is 10.7. The summed E-state index contributed by atoms with van der Waals surface area (Å²) in [6.45, 7) is 6.82. The lowest BCUT2D eigenvalue weighted by Crippen LogP contribution is -2.38. The lowest BCUT2D eigenvalue weighted by molar-refractivity contribution is -0.144. The lowest BCUT2D eigenvalue weighted by Gasteiger charge is -2.35. The van der Waals surface area contributed by atoms with Gasteiger partial charge in [-0.05, 0) is 43.9 Å². The summed E-state index contributed by atoms with van der Waals surface area (Å²) in [6, 6.07) is 0.180. The average molecular weight is 227 g/mol. The van der Waals surface area contributed by atoms with Crippen molar-refractivity contribution in [2.24, 2.45) is 23.5 Å². The van der Waals surface area contributed by atoms with Crippen molar-refractivity contribution >= 4 is 5.97 Å². The number of rotatable bonds is 4. The van der Waals surface area contributed by atoms with E-state index >= 15 is 0 Å². The number of hydrogen-bond donors (Lipinski definition) is 1. The first-order valence-corrected chi connectivity index (χ1v) is 6.45. The molecule has 0 bridgehead atoms. The van der Waals surface area contributed by atoms with Gasteiger partial charge in [0.1, 0.15) is 0 Å². The monoisotopic (exact) mass is 227 g/mol. The SMILES string of the molecule is CCOC(=O)CC1CC(C(C)C)CCC1N. The molecular weight excluding hydrogens is 202 g/mol. The molecule has 1 fully saturated rings. The minimum Gasteiger partial charge on any atom is -0.466 e. The van der Waals surface area contributed by atoms with Gasteiger partial charge in [0.2, 0.25) is 0 Å². The largest absolute Gasteiger partial charge is 0.466 e. The minimum atomic E-state index is -0.0904. The smallest absolute Gasteiger partial charge is 0.306 e. The van der Waals surface area contributed by atoms with Crippen LogP contribution < -0.4 is 5.73 Å². The first kappa shape index (κ1) is 13.5. The zero-order chi connectivity index (χ0) is 12.1. The van der Waals surface area contributed by atoms with Gasteiger partial charge in [-0.3, -0.25) is 4.79 Å². The number of hydrogen-bond acceptors (Lipinski definition) is 3. The molecule has 1 saturated carbocycles. The Morgan fingerprint density at radius 1 is 1.44 bits per heavy atom. The Morgan fingerprint density at radius 2 is 2.12 bits per heavy atom. The van der Waals surface area contributed by atoms with Crippen molar-refractivity contribution in [1.82, 2.24) is 0 Å². The lowest BCUT2D eigenvalue weighted by atomic mass is 9.73. The van der Waals surface area contributed by atoms with E-state index in [0.717, 1.165) is 18.8 Å². The highest BCUT2D eigenvalue weighted by molar-refractivity contribution is 5.69. The maximum absolute atomic E-state index is 11.5. The predicted octanol–water partition coefficient (Wildman–Crippen LogP) is 2.34. The molecule has 1 aliphatic carbocycles. The Balaban J connectivity index is 2.46. The molecule has 0 aromatic carbocycles. The standard InChI is InChI=1S/C13H25NO2/c1-4-16-13(15)8-11-7-10(9(2)3)5-6-12(11)14/h9-12H,4-8,14H2,1-3H3. The van der Waals surface area contributed by atoms with E-state index in [1.54, 1.807) is 0 Å². The topological polar surface area (TPSA) is 52.3 Å². The summed E-state index contributed by atoms with van der Waals surface area (Å²) in [4.78, 5) is 11.5.